The van der Waals surface area contributed by atoms with E-state index in [9.17, 15) is 14.4 Å². The van der Waals surface area contributed by atoms with Crippen LogP contribution < -0.4 is 15.4 Å². The van der Waals surface area contributed by atoms with Gasteiger partial charge in [-0.25, -0.2) is 9.78 Å². The number of carbonyl (C=O) groups is 3. The Hall–Kier alpha value is -4.58. The van der Waals surface area contributed by atoms with Gasteiger partial charge in [-0.05, 0) is 29.8 Å². The van der Waals surface area contributed by atoms with Crippen LogP contribution >= 0.6 is 0 Å². The van der Waals surface area contributed by atoms with Crippen molar-refractivity contribution >= 4 is 17.8 Å². The first-order valence-corrected chi connectivity index (χ1v) is 10.2. The van der Waals surface area contributed by atoms with Crippen molar-refractivity contribution in [1.82, 2.24) is 25.5 Å². The number of amides is 4. The number of aromatic amines is 1. The van der Waals surface area contributed by atoms with Crippen molar-refractivity contribution in [1.29, 1.82) is 0 Å². The molecule has 33 heavy (non-hydrogen) atoms. The standard InChI is InChI=1S/C24H19N5O4/c1-33-18-7-6-17-13-29(21(30)19(17)12-18)14-24(22(31)27-23(32)28-24)9-8-15-2-4-16(5-3-15)20-25-10-11-26-20/h2-7,10-12H,13-14H2,1H3,(H,25,26)(H2,27,28,31,32)/t24-/m1/s1. The van der Waals surface area contributed by atoms with Crippen molar-refractivity contribution in [2.75, 3.05) is 13.7 Å². The zero-order valence-corrected chi connectivity index (χ0v) is 17.6. The number of nitrogens with zero attached hydrogens (tertiary/aromatic N) is 2. The number of rotatable bonds is 4. The quantitative estimate of drug-likeness (QED) is 0.421. The highest BCUT2D eigenvalue weighted by atomic mass is 16.5. The molecule has 0 unspecified atom stereocenters. The number of hydrogen-bond donors (Lipinski definition) is 3. The molecule has 2 aliphatic heterocycles. The maximum absolute atomic E-state index is 13.0. The molecule has 5 rings (SSSR count). The first kappa shape index (κ1) is 20.3. The molecule has 0 spiro atoms. The number of ether oxygens (including phenoxy) is 1. The minimum Gasteiger partial charge on any atom is -0.497 e. The lowest BCUT2D eigenvalue weighted by molar-refractivity contribution is -0.122. The summed E-state index contributed by atoms with van der Waals surface area (Å²) < 4.78 is 5.21. The van der Waals surface area contributed by atoms with E-state index in [4.69, 9.17) is 4.74 Å². The Morgan fingerprint density at radius 1 is 1.15 bits per heavy atom. The molecule has 164 valence electrons. The van der Waals surface area contributed by atoms with Gasteiger partial charge in [-0.15, -0.1) is 0 Å². The molecular formula is C24H19N5O4. The summed E-state index contributed by atoms with van der Waals surface area (Å²) in [5, 5.41) is 4.85. The first-order valence-electron chi connectivity index (χ1n) is 10.2. The Balaban J connectivity index is 1.42. The van der Waals surface area contributed by atoms with Crippen LogP contribution in [0, 0.1) is 11.8 Å². The molecule has 4 amide bonds. The highest BCUT2D eigenvalue weighted by Gasteiger charge is 2.48. The molecule has 3 heterocycles. The lowest BCUT2D eigenvalue weighted by atomic mass is 9.99. The van der Waals surface area contributed by atoms with Crippen LogP contribution in [0.2, 0.25) is 0 Å². The Kier molecular flexibility index (Phi) is 4.83. The molecule has 9 heteroatoms. The Morgan fingerprint density at radius 2 is 1.97 bits per heavy atom. The number of methoxy groups -OCH3 is 1. The monoisotopic (exact) mass is 441 g/mol. The van der Waals surface area contributed by atoms with Gasteiger partial charge in [-0.1, -0.05) is 30.0 Å². The molecule has 0 radical (unpaired) electrons. The van der Waals surface area contributed by atoms with Crippen LogP contribution in [0.3, 0.4) is 0 Å². The molecule has 1 saturated heterocycles. The smallest absolute Gasteiger partial charge is 0.323 e. The second-order valence-corrected chi connectivity index (χ2v) is 7.76. The third-order valence-electron chi connectivity index (χ3n) is 5.64. The summed E-state index contributed by atoms with van der Waals surface area (Å²) in [5.41, 5.74) is 1.32. The summed E-state index contributed by atoms with van der Waals surface area (Å²) >= 11 is 0. The van der Waals surface area contributed by atoms with Crippen LogP contribution in [0.1, 0.15) is 21.5 Å². The van der Waals surface area contributed by atoms with Gasteiger partial charge in [0.05, 0.1) is 13.7 Å². The molecule has 0 aliphatic carbocycles. The van der Waals surface area contributed by atoms with Gasteiger partial charge in [0, 0.05) is 35.6 Å². The van der Waals surface area contributed by atoms with Gasteiger partial charge in [0.15, 0.2) is 0 Å². The van der Waals surface area contributed by atoms with Crippen molar-refractivity contribution in [3.8, 4) is 29.0 Å². The fraction of sp³-hybridized carbons (Fsp3) is 0.167. The van der Waals surface area contributed by atoms with Crippen LogP contribution in [-0.2, 0) is 11.3 Å². The number of imide groups is 1. The van der Waals surface area contributed by atoms with Gasteiger partial charge in [-0.3, -0.25) is 14.9 Å². The van der Waals surface area contributed by atoms with Gasteiger partial charge < -0.3 is 19.9 Å². The molecule has 1 atom stereocenters. The van der Waals surface area contributed by atoms with E-state index in [1.807, 2.05) is 18.2 Å². The first-order chi connectivity index (χ1) is 16.0. The number of urea groups is 1. The number of aromatic nitrogens is 2. The molecule has 3 N–H and O–H groups in total. The summed E-state index contributed by atoms with van der Waals surface area (Å²) in [5.74, 6) is 6.34. The third kappa shape index (κ3) is 3.68. The lowest BCUT2D eigenvalue weighted by Crippen LogP contribution is -2.54. The molecule has 2 aromatic carbocycles. The van der Waals surface area contributed by atoms with E-state index >= 15 is 0 Å². The van der Waals surface area contributed by atoms with E-state index < -0.39 is 17.5 Å². The largest absolute Gasteiger partial charge is 0.497 e. The van der Waals surface area contributed by atoms with Gasteiger partial charge >= 0.3 is 6.03 Å². The summed E-state index contributed by atoms with van der Waals surface area (Å²) in [7, 11) is 1.53. The zero-order valence-electron chi connectivity index (χ0n) is 17.6. The number of hydrogen-bond acceptors (Lipinski definition) is 5. The molecule has 1 fully saturated rings. The second-order valence-electron chi connectivity index (χ2n) is 7.76. The predicted molar refractivity (Wildman–Crippen MR) is 118 cm³/mol. The average molecular weight is 441 g/mol. The van der Waals surface area contributed by atoms with E-state index in [-0.39, 0.29) is 12.5 Å². The lowest BCUT2D eigenvalue weighted by Gasteiger charge is -2.26. The summed E-state index contributed by atoms with van der Waals surface area (Å²) in [6, 6.07) is 11.9. The van der Waals surface area contributed by atoms with E-state index in [0.29, 0.717) is 23.4 Å². The fourth-order valence-corrected chi connectivity index (χ4v) is 3.93. The van der Waals surface area contributed by atoms with E-state index in [1.54, 1.807) is 36.7 Å². The van der Waals surface area contributed by atoms with E-state index in [2.05, 4.69) is 32.4 Å². The van der Waals surface area contributed by atoms with Crippen molar-refractivity contribution in [2.45, 2.75) is 12.1 Å². The highest BCUT2D eigenvalue weighted by molar-refractivity contribution is 6.10. The summed E-state index contributed by atoms with van der Waals surface area (Å²) in [6.45, 7) is 0.223. The van der Waals surface area contributed by atoms with Crippen molar-refractivity contribution in [3.05, 3.63) is 71.5 Å². The zero-order chi connectivity index (χ0) is 23.0. The third-order valence-corrected chi connectivity index (χ3v) is 5.64. The second kappa shape index (κ2) is 7.84. The summed E-state index contributed by atoms with van der Waals surface area (Å²) in [4.78, 5) is 46.4. The molecular weight excluding hydrogens is 422 g/mol. The normalized spacial score (nSPS) is 18.9. The van der Waals surface area contributed by atoms with Crippen molar-refractivity contribution in [2.24, 2.45) is 0 Å². The summed E-state index contributed by atoms with van der Waals surface area (Å²) in [6.07, 6.45) is 3.41. The predicted octanol–water partition coefficient (Wildman–Crippen LogP) is 1.67. The van der Waals surface area contributed by atoms with Gasteiger partial charge in [0.1, 0.15) is 11.6 Å². The average Bonchev–Trinajstić information content (AvgIpc) is 3.52. The van der Waals surface area contributed by atoms with Crippen molar-refractivity contribution < 1.29 is 19.1 Å². The Bertz CT molecular complexity index is 1320. The van der Waals surface area contributed by atoms with Gasteiger partial charge in [0.25, 0.3) is 11.8 Å². The van der Waals surface area contributed by atoms with Gasteiger partial charge in [-0.2, -0.15) is 0 Å². The number of imidazole rings is 1. The fourth-order valence-electron chi connectivity index (χ4n) is 3.93. The minimum absolute atomic E-state index is 0.0854. The van der Waals surface area contributed by atoms with Crippen LogP contribution in [-0.4, -0.2) is 51.9 Å². The maximum Gasteiger partial charge on any atom is 0.323 e. The molecule has 2 aliphatic rings. The van der Waals surface area contributed by atoms with Gasteiger partial charge in [0.2, 0.25) is 5.54 Å². The molecule has 3 aromatic rings. The SMILES string of the molecule is COc1ccc2c(c1)C(=O)N(C[C@@]1(C#Cc3ccc(-c4ncc[nH]4)cc3)NC(=O)NC1=O)C2. The van der Waals surface area contributed by atoms with E-state index in [0.717, 1.165) is 17.0 Å². The van der Waals surface area contributed by atoms with Crippen LogP contribution in [0.15, 0.2) is 54.9 Å². The Morgan fingerprint density at radius 3 is 2.64 bits per heavy atom. The maximum atomic E-state index is 13.0. The molecule has 0 bridgehead atoms. The topological polar surface area (TPSA) is 116 Å². The van der Waals surface area contributed by atoms with E-state index in [1.165, 1.54) is 12.0 Å². The Labute approximate surface area is 189 Å². The van der Waals surface area contributed by atoms with Crippen LogP contribution in [0.5, 0.6) is 5.75 Å². The highest BCUT2D eigenvalue weighted by Crippen LogP contribution is 2.28. The molecule has 1 aromatic heterocycles. The number of carbonyl (C=O) groups excluding carboxylic acids is 3. The van der Waals surface area contributed by atoms with Crippen LogP contribution in [0.4, 0.5) is 4.79 Å². The number of benzene rings is 2. The molecule has 9 nitrogen and oxygen atoms in total. The number of fused-ring (bicyclic) bond motifs is 1. The number of nitrogens with one attached hydrogen (secondary N) is 3. The number of H-pyrrole nitrogens is 1. The van der Waals surface area contributed by atoms with Crippen LogP contribution in [0.25, 0.3) is 11.4 Å². The minimum atomic E-state index is -1.56. The molecule has 0 saturated carbocycles. The van der Waals surface area contributed by atoms with Crippen molar-refractivity contribution in [3.63, 3.8) is 0 Å².